The van der Waals surface area contributed by atoms with Crippen molar-refractivity contribution in [2.45, 2.75) is 19.9 Å². The van der Waals surface area contributed by atoms with Crippen LogP contribution in [0.25, 0.3) is 10.4 Å². The topological polar surface area (TPSA) is 86.1 Å². The summed E-state index contributed by atoms with van der Waals surface area (Å²) in [6.45, 7) is 2.02. The molecule has 2 heterocycles. The van der Waals surface area contributed by atoms with Gasteiger partial charge in [0.2, 0.25) is 11.0 Å². The van der Waals surface area contributed by atoms with Crippen molar-refractivity contribution >= 4 is 45.9 Å². The second-order valence-electron chi connectivity index (χ2n) is 5.52. The number of nitrogens with zero attached hydrogens (tertiary/aromatic N) is 3. The Hall–Kier alpha value is -2.43. The highest BCUT2D eigenvalue weighted by molar-refractivity contribution is 7.73. The van der Waals surface area contributed by atoms with E-state index in [0.29, 0.717) is 9.09 Å². The van der Waals surface area contributed by atoms with Gasteiger partial charge < -0.3 is 10.1 Å². The van der Waals surface area contributed by atoms with Gasteiger partial charge in [-0.15, -0.1) is 21.5 Å². The van der Waals surface area contributed by atoms with Gasteiger partial charge in [0, 0.05) is 23.9 Å². The third-order valence-corrected chi connectivity index (χ3v) is 5.84. The molecule has 0 saturated carbocycles. The maximum absolute atomic E-state index is 12.5. The van der Waals surface area contributed by atoms with Crippen molar-refractivity contribution in [1.29, 1.82) is 0 Å². The number of anilines is 1. The monoisotopic (exact) mass is 420 g/mol. The second-order valence-corrected chi connectivity index (χ2v) is 8.38. The Morgan fingerprint density at radius 3 is 2.59 bits per heavy atom. The van der Waals surface area contributed by atoms with Crippen LogP contribution in [0.1, 0.15) is 11.4 Å². The lowest BCUT2D eigenvalue weighted by atomic mass is 10.2. The van der Waals surface area contributed by atoms with Crippen LogP contribution in [-0.4, -0.2) is 27.8 Å². The van der Waals surface area contributed by atoms with E-state index in [2.05, 4.69) is 15.5 Å². The molecule has 0 spiro atoms. The van der Waals surface area contributed by atoms with Crippen molar-refractivity contribution in [2.24, 2.45) is 0 Å². The van der Waals surface area contributed by atoms with Crippen LogP contribution in [-0.2, 0) is 11.3 Å². The van der Waals surface area contributed by atoms with E-state index in [1.807, 2.05) is 31.2 Å². The molecule has 0 fully saturated rings. The molecule has 1 aromatic carbocycles. The third-order valence-electron chi connectivity index (χ3n) is 3.65. The van der Waals surface area contributed by atoms with Gasteiger partial charge in [0.05, 0.1) is 7.11 Å². The van der Waals surface area contributed by atoms with Crippen molar-refractivity contribution in [2.75, 3.05) is 12.4 Å². The maximum Gasteiger partial charge on any atom is 0.253 e. The Balaban J connectivity index is 1.72. The summed E-state index contributed by atoms with van der Waals surface area (Å²) in [4.78, 5) is 25.3. The summed E-state index contributed by atoms with van der Waals surface area (Å²) < 4.78 is 6.99. The summed E-state index contributed by atoms with van der Waals surface area (Å²) in [5, 5.41) is 11.6. The minimum absolute atomic E-state index is 0.122. The standard InChI is InChI=1S/C17H16N4O3S3/c1-10-19-20-16(26-10)18-14(22)7-8-21-15(23)9-13(27-17(21)25)11-3-5-12(24-2)6-4-11/h3-6,9H,7-8H2,1-2H3,(H,18,20,22). The van der Waals surface area contributed by atoms with Gasteiger partial charge in [-0.25, -0.2) is 0 Å². The molecular formula is C17H16N4O3S3. The summed E-state index contributed by atoms with van der Waals surface area (Å²) in [7, 11) is 1.60. The average Bonchev–Trinajstić information content (AvgIpc) is 3.05. The number of hydrogen-bond donors (Lipinski definition) is 1. The molecule has 0 atom stereocenters. The predicted octanol–water partition coefficient (Wildman–Crippen LogP) is 3.50. The molecule has 0 saturated heterocycles. The van der Waals surface area contributed by atoms with Gasteiger partial charge in [0.15, 0.2) is 3.95 Å². The van der Waals surface area contributed by atoms with Gasteiger partial charge in [-0.05, 0) is 49.0 Å². The molecule has 10 heteroatoms. The van der Waals surface area contributed by atoms with Crippen molar-refractivity contribution in [3.8, 4) is 16.2 Å². The molecule has 0 aliphatic heterocycles. The van der Waals surface area contributed by atoms with Crippen molar-refractivity contribution in [3.05, 3.63) is 49.6 Å². The number of rotatable bonds is 6. The Bertz CT molecular complexity index is 1040. The first-order valence-corrected chi connectivity index (χ1v) is 10.00. The molecule has 0 aliphatic carbocycles. The van der Waals surface area contributed by atoms with E-state index in [4.69, 9.17) is 17.0 Å². The first kappa shape index (κ1) is 19.3. The van der Waals surface area contributed by atoms with Gasteiger partial charge >= 0.3 is 0 Å². The highest BCUT2D eigenvalue weighted by atomic mass is 32.1. The largest absolute Gasteiger partial charge is 0.497 e. The zero-order chi connectivity index (χ0) is 19.4. The average molecular weight is 421 g/mol. The number of methoxy groups -OCH3 is 1. The number of aryl methyl sites for hydroxylation is 1. The van der Waals surface area contributed by atoms with Gasteiger partial charge in [-0.2, -0.15) is 0 Å². The van der Waals surface area contributed by atoms with Crippen LogP contribution in [0.2, 0.25) is 0 Å². The quantitative estimate of drug-likeness (QED) is 0.614. The van der Waals surface area contributed by atoms with Crippen LogP contribution in [0.3, 0.4) is 0 Å². The summed E-state index contributed by atoms with van der Waals surface area (Å²) >= 11 is 7.99. The Kier molecular flexibility index (Phi) is 6.09. The fraction of sp³-hybridized carbons (Fsp3) is 0.235. The second kappa shape index (κ2) is 8.51. The maximum atomic E-state index is 12.5. The molecule has 3 aromatic rings. The zero-order valence-electron chi connectivity index (χ0n) is 14.6. The smallest absolute Gasteiger partial charge is 0.253 e. The lowest BCUT2D eigenvalue weighted by molar-refractivity contribution is -0.116. The lowest BCUT2D eigenvalue weighted by Crippen LogP contribution is -2.22. The number of nitrogens with one attached hydrogen (secondary N) is 1. The van der Waals surface area contributed by atoms with Crippen LogP contribution in [0.15, 0.2) is 35.1 Å². The molecule has 0 bridgehead atoms. The highest BCUT2D eigenvalue weighted by Crippen LogP contribution is 2.25. The first-order valence-electron chi connectivity index (χ1n) is 7.95. The predicted molar refractivity (Wildman–Crippen MR) is 109 cm³/mol. The van der Waals surface area contributed by atoms with E-state index in [-0.39, 0.29) is 24.4 Å². The minimum atomic E-state index is -0.239. The highest BCUT2D eigenvalue weighted by Gasteiger charge is 2.10. The molecule has 0 radical (unpaired) electrons. The fourth-order valence-electron chi connectivity index (χ4n) is 2.30. The van der Waals surface area contributed by atoms with E-state index in [0.717, 1.165) is 21.2 Å². The summed E-state index contributed by atoms with van der Waals surface area (Å²) in [5.41, 5.74) is 0.657. The SMILES string of the molecule is COc1ccc(-c2cc(=O)n(CCC(=O)Nc3nnc(C)s3)c(=S)s2)cc1. The van der Waals surface area contributed by atoms with E-state index < -0.39 is 0 Å². The van der Waals surface area contributed by atoms with Crippen LogP contribution in [0, 0.1) is 10.9 Å². The van der Waals surface area contributed by atoms with E-state index in [9.17, 15) is 9.59 Å². The van der Waals surface area contributed by atoms with Crippen LogP contribution < -0.4 is 15.6 Å². The molecule has 2 aromatic heterocycles. The van der Waals surface area contributed by atoms with E-state index >= 15 is 0 Å². The van der Waals surface area contributed by atoms with E-state index in [1.54, 1.807) is 7.11 Å². The Morgan fingerprint density at radius 1 is 1.26 bits per heavy atom. The van der Waals surface area contributed by atoms with Crippen LogP contribution >= 0.6 is 34.9 Å². The normalized spacial score (nSPS) is 10.6. The van der Waals surface area contributed by atoms with Crippen LogP contribution in [0.4, 0.5) is 5.13 Å². The molecule has 27 heavy (non-hydrogen) atoms. The number of benzene rings is 1. The number of amides is 1. The number of ether oxygens (including phenoxy) is 1. The van der Waals surface area contributed by atoms with Gasteiger partial charge in [-0.3, -0.25) is 14.2 Å². The number of hydrogen-bond acceptors (Lipinski definition) is 8. The van der Waals surface area contributed by atoms with Gasteiger partial charge in [0.25, 0.3) is 5.56 Å². The molecule has 3 rings (SSSR count). The van der Waals surface area contributed by atoms with Crippen molar-refractivity contribution in [3.63, 3.8) is 0 Å². The Morgan fingerprint density at radius 2 is 2.00 bits per heavy atom. The van der Waals surface area contributed by atoms with Crippen LogP contribution in [0.5, 0.6) is 5.75 Å². The number of carbonyl (C=O) groups excluding carboxylic acids is 1. The minimum Gasteiger partial charge on any atom is -0.497 e. The number of carbonyl (C=O) groups is 1. The first-order chi connectivity index (χ1) is 13.0. The summed E-state index contributed by atoms with van der Waals surface area (Å²) in [6, 6.07) is 8.95. The third kappa shape index (κ3) is 4.85. The van der Waals surface area contributed by atoms with Crippen molar-refractivity contribution in [1.82, 2.24) is 14.8 Å². The molecule has 0 unspecified atom stereocenters. The molecule has 0 aliphatic rings. The molecule has 140 valence electrons. The summed E-state index contributed by atoms with van der Waals surface area (Å²) in [5.74, 6) is 0.504. The molecule has 7 nitrogen and oxygen atoms in total. The lowest BCUT2D eigenvalue weighted by Gasteiger charge is -2.08. The van der Waals surface area contributed by atoms with Crippen molar-refractivity contribution < 1.29 is 9.53 Å². The summed E-state index contributed by atoms with van der Waals surface area (Å²) in [6.07, 6.45) is 0.122. The fourth-order valence-corrected chi connectivity index (χ4v) is 4.25. The Labute approximate surface area is 168 Å². The zero-order valence-corrected chi connectivity index (χ0v) is 17.0. The van der Waals surface area contributed by atoms with Gasteiger partial charge in [0.1, 0.15) is 10.8 Å². The van der Waals surface area contributed by atoms with E-state index in [1.165, 1.54) is 33.3 Å². The molecular weight excluding hydrogens is 404 g/mol. The van der Waals surface area contributed by atoms with Gasteiger partial charge in [-0.1, -0.05) is 11.3 Å². The number of aromatic nitrogens is 3. The molecule has 1 N–H and O–H groups in total. The molecule has 1 amide bonds.